The molecule has 0 bridgehead atoms. The summed E-state index contributed by atoms with van der Waals surface area (Å²) < 4.78 is 5.30. The van der Waals surface area contributed by atoms with E-state index >= 15 is 0 Å². The lowest BCUT2D eigenvalue weighted by Gasteiger charge is -2.07. The molecule has 0 atom stereocenters. The van der Waals surface area contributed by atoms with Crippen molar-refractivity contribution in [1.82, 2.24) is 0 Å². The van der Waals surface area contributed by atoms with Gasteiger partial charge in [-0.05, 0) is 25.0 Å². The third-order valence-electron chi connectivity index (χ3n) is 2.51. The highest BCUT2D eigenvalue weighted by Crippen LogP contribution is 2.09. The predicted octanol–water partition coefficient (Wildman–Crippen LogP) is 3.32. The lowest BCUT2D eigenvalue weighted by Crippen LogP contribution is -2.09. The van der Waals surface area contributed by atoms with Crippen molar-refractivity contribution >= 4 is 12.2 Å². The Balaban J connectivity index is 2.77. The van der Waals surface area contributed by atoms with Crippen molar-refractivity contribution in [3.05, 3.63) is 59.2 Å². The molecule has 3 heteroatoms. The van der Waals surface area contributed by atoms with Crippen LogP contribution in [0.5, 0.6) is 0 Å². The molecule has 0 fully saturated rings. The summed E-state index contributed by atoms with van der Waals surface area (Å²) in [7, 11) is 1.67. The van der Waals surface area contributed by atoms with Gasteiger partial charge in [-0.15, -0.1) is 0 Å². The van der Waals surface area contributed by atoms with Crippen LogP contribution in [-0.4, -0.2) is 19.2 Å². The maximum absolute atomic E-state index is 12.0. The first-order valence-corrected chi connectivity index (χ1v) is 6.15. The average molecular weight is 257 g/mol. The summed E-state index contributed by atoms with van der Waals surface area (Å²) in [6.45, 7) is 3.98. The molecule has 19 heavy (non-hydrogen) atoms. The molecule has 100 valence electrons. The fourth-order valence-electron chi connectivity index (χ4n) is 1.59. The Morgan fingerprint density at radius 3 is 2.58 bits per heavy atom. The minimum Gasteiger partial charge on any atom is -0.457 e. The summed E-state index contributed by atoms with van der Waals surface area (Å²) in [4.78, 5) is 15.9. The molecular formula is C16H19NO2. The van der Waals surface area contributed by atoms with E-state index in [2.05, 4.69) is 4.99 Å². The Bertz CT molecular complexity index is 499. The Labute approximate surface area is 114 Å². The summed E-state index contributed by atoms with van der Waals surface area (Å²) in [6.07, 6.45) is 5.20. The smallest absolute Gasteiger partial charge is 0.338 e. The van der Waals surface area contributed by atoms with Gasteiger partial charge in [0.1, 0.15) is 6.61 Å². The van der Waals surface area contributed by atoms with E-state index < -0.39 is 0 Å². The predicted molar refractivity (Wildman–Crippen MR) is 78.2 cm³/mol. The Morgan fingerprint density at radius 2 is 2.00 bits per heavy atom. The van der Waals surface area contributed by atoms with Crippen LogP contribution in [0.2, 0.25) is 0 Å². The van der Waals surface area contributed by atoms with E-state index in [0.29, 0.717) is 5.57 Å². The van der Waals surface area contributed by atoms with Crippen molar-refractivity contribution in [3.8, 4) is 0 Å². The monoisotopic (exact) mass is 257 g/mol. The summed E-state index contributed by atoms with van der Waals surface area (Å²) in [5.41, 5.74) is 2.29. The number of carbonyl (C=O) groups is 1. The van der Waals surface area contributed by atoms with E-state index in [1.54, 1.807) is 19.3 Å². The first kappa shape index (κ1) is 14.9. The van der Waals surface area contributed by atoms with Crippen LogP contribution in [0, 0.1) is 0 Å². The Hall–Kier alpha value is -2.16. The molecule has 0 heterocycles. The highest BCUT2D eigenvalue weighted by molar-refractivity contribution is 5.98. The summed E-state index contributed by atoms with van der Waals surface area (Å²) >= 11 is 0. The van der Waals surface area contributed by atoms with E-state index in [1.165, 1.54) is 0 Å². The largest absolute Gasteiger partial charge is 0.457 e. The maximum atomic E-state index is 12.0. The molecule has 0 saturated heterocycles. The summed E-state index contributed by atoms with van der Waals surface area (Å²) in [5, 5.41) is 0. The molecule has 0 N–H and O–H groups in total. The van der Waals surface area contributed by atoms with Crippen LogP contribution in [0.4, 0.5) is 0 Å². The second kappa shape index (κ2) is 8.03. The molecule has 0 unspecified atom stereocenters. The molecule has 0 amide bonds. The van der Waals surface area contributed by atoms with Crippen LogP contribution in [-0.2, 0) is 16.1 Å². The van der Waals surface area contributed by atoms with E-state index in [9.17, 15) is 4.79 Å². The summed E-state index contributed by atoms with van der Waals surface area (Å²) in [6, 6.07) is 9.61. The lowest BCUT2D eigenvalue weighted by atomic mass is 10.1. The van der Waals surface area contributed by atoms with Crippen molar-refractivity contribution in [3.63, 3.8) is 0 Å². The Morgan fingerprint density at radius 1 is 1.32 bits per heavy atom. The number of allylic oxidation sites excluding steroid dienone is 2. The van der Waals surface area contributed by atoms with Crippen LogP contribution < -0.4 is 0 Å². The van der Waals surface area contributed by atoms with E-state index in [-0.39, 0.29) is 12.6 Å². The molecule has 1 aromatic carbocycles. The number of hydrogen-bond donors (Lipinski definition) is 0. The van der Waals surface area contributed by atoms with E-state index in [1.807, 2.05) is 50.3 Å². The van der Waals surface area contributed by atoms with Crippen molar-refractivity contribution in [1.29, 1.82) is 0 Å². The number of benzene rings is 1. The number of esters is 1. The van der Waals surface area contributed by atoms with E-state index in [0.717, 1.165) is 11.1 Å². The number of hydrogen-bond acceptors (Lipinski definition) is 3. The van der Waals surface area contributed by atoms with Gasteiger partial charge in [-0.25, -0.2) is 4.79 Å². The SMILES string of the molecule is C/C=C\C(C(=O)OCc1ccccc1)=C(\C)C=NC. The van der Waals surface area contributed by atoms with Gasteiger partial charge in [0.2, 0.25) is 0 Å². The normalized spacial score (nSPS) is 12.8. The number of carbonyl (C=O) groups excluding carboxylic acids is 1. The fraction of sp³-hybridized carbons (Fsp3) is 0.250. The first-order chi connectivity index (χ1) is 9.19. The van der Waals surface area contributed by atoms with Gasteiger partial charge in [0.25, 0.3) is 0 Å². The Kier molecular flexibility index (Phi) is 6.30. The van der Waals surface area contributed by atoms with Crippen LogP contribution in [0.15, 0.2) is 58.6 Å². The zero-order valence-corrected chi connectivity index (χ0v) is 11.6. The minimum absolute atomic E-state index is 0.275. The van der Waals surface area contributed by atoms with Crippen LogP contribution in [0.25, 0.3) is 0 Å². The quantitative estimate of drug-likeness (QED) is 0.351. The molecular weight excluding hydrogens is 238 g/mol. The molecule has 0 saturated carbocycles. The van der Waals surface area contributed by atoms with Gasteiger partial charge >= 0.3 is 5.97 Å². The number of nitrogens with zero attached hydrogens (tertiary/aromatic N) is 1. The first-order valence-electron chi connectivity index (χ1n) is 6.15. The molecule has 0 aliphatic heterocycles. The molecule has 3 nitrogen and oxygen atoms in total. The number of aliphatic imine (C=N–C) groups is 1. The molecule has 0 spiro atoms. The molecule has 0 aliphatic rings. The molecule has 0 radical (unpaired) electrons. The minimum atomic E-state index is -0.334. The van der Waals surface area contributed by atoms with Crippen molar-refractivity contribution in [2.75, 3.05) is 7.05 Å². The number of rotatable bonds is 5. The molecule has 0 aromatic heterocycles. The van der Waals surface area contributed by atoms with Gasteiger partial charge in [0.05, 0.1) is 5.57 Å². The highest BCUT2D eigenvalue weighted by atomic mass is 16.5. The topological polar surface area (TPSA) is 38.7 Å². The second-order valence-corrected chi connectivity index (χ2v) is 4.05. The van der Waals surface area contributed by atoms with E-state index in [4.69, 9.17) is 4.74 Å². The number of ether oxygens (including phenoxy) is 1. The zero-order chi connectivity index (χ0) is 14.1. The third-order valence-corrected chi connectivity index (χ3v) is 2.51. The standard InChI is InChI=1S/C16H19NO2/c1-4-8-15(13(2)11-17-3)16(18)19-12-14-9-6-5-7-10-14/h4-11H,12H2,1-3H3/b8-4-,15-13+,17-11?. The van der Waals surface area contributed by atoms with Crippen LogP contribution >= 0.6 is 0 Å². The molecule has 1 aromatic rings. The van der Waals surface area contributed by atoms with Crippen LogP contribution in [0.1, 0.15) is 19.4 Å². The average Bonchev–Trinajstić information content (AvgIpc) is 2.43. The zero-order valence-electron chi connectivity index (χ0n) is 11.6. The highest BCUT2D eigenvalue weighted by Gasteiger charge is 2.10. The van der Waals surface area contributed by atoms with Gasteiger partial charge in [0.15, 0.2) is 0 Å². The van der Waals surface area contributed by atoms with Crippen molar-refractivity contribution in [2.45, 2.75) is 20.5 Å². The van der Waals surface area contributed by atoms with Gasteiger partial charge in [-0.2, -0.15) is 0 Å². The van der Waals surface area contributed by atoms with Gasteiger partial charge < -0.3 is 4.74 Å². The van der Waals surface area contributed by atoms with Gasteiger partial charge in [0, 0.05) is 13.3 Å². The summed E-state index contributed by atoms with van der Waals surface area (Å²) in [5.74, 6) is -0.334. The molecule has 1 rings (SSSR count). The fourth-order valence-corrected chi connectivity index (χ4v) is 1.59. The van der Waals surface area contributed by atoms with Crippen molar-refractivity contribution in [2.24, 2.45) is 4.99 Å². The maximum Gasteiger partial charge on any atom is 0.338 e. The lowest BCUT2D eigenvalue weighted by molar-refractivity contribution is -0.139. The van der Waals surface area contributed by atoms with Gasteiger partial charge in [-0.1, -0.05) is 42.5 Å². The van der Waals surface area contributed by atoms with Gasteiger partial charge in [-0.3, -0.25) is 4.99 Å². The van der Waals surface area contributed by atoms with Crippen LogP contribution in [0.3, 0.4) is 0 Å². The second-order valence-electron chi connectivity index (χ2n) is 4.05. The molecule has 0 aliphatic carbocycles. The van der Waals surface area contributed by atoms with Crippen molar-refractivity contribution < 1.29 is 9.53 Å². The third kappa shape index (κ3) is 4.92.